The topological polar surface area (TPSA) is 75.6 Å². The minimum absolute atomic E-state index is 0.332. The zero-order valence-corrected chi connectivity index (χ0v) is 11.3. The van der Waals surface area contributed by atoms with Gasteiger partial charge in [-0.2, -0.15) is 0 Å². The first-order valence-corrected chi connectivity index (χ1v) is 6.20. The molecule has 0 spiro atoms. The molecule has 5 nitrogen and oxygen atoms in total. The summed E-state index contributed by atoms with van der Waals surface area (Å²) in [7, 11) is 0. The van der Waals surface area contributed by atoms with Crippen LogP contribution in [0.25, 0.3) is 0 Å². The smallest absolute Gasteiger partial charge is 0.326 e. The maximum absolute atomic E-state index is 11.8. The van der Waals surface area contributed by atoms with E-state index in [-0.39, 0.29) is 0 Å². The van der Waals surface area contributed by atoms with E-state index in [1.807, 2.05) is 25.1 Å². The van der Waals surface area contributed by atoms with Crippen LogP contribution in [0.4, 0.5) is 0 Å². The summed E-state index contributed by atoms with van der Waals surface area (Å²) < 4.78 is 5.48. The highest BCUT2D eigenvalue weighted by Gasteiger charge is 2.22. The van der Waals surface area contributed by atoms with Crippen molar-refractivity contribution in [2.45, 2.75) is 39.3 Å². The Morgan fingerprint density at radius 3 is 2.63 bits per heavy atom. The highest BCUT2D eigenvalue weighted by atomic mass is 16.5. The third-order valence-corrected chi connectivity index (χ3v) is 2.69. The van der Waals surface area contributed by atoms with E-state index >= 15 is 0 Å². The van der Waals surface area contributed by atoms with Crippen LogP contribution >= 0.6 is 0 Å². The molecule has 2 N–H and O–H groups in total. The van der Waals surface area contributed by atoms with E-state index in [0.717, 1.165) is 5.56 Å². The first-order chi connectivity index (χ1) is 8.93. The van der Waals surface area contributed by atoms with E-state index in [2.05, 4.69) is 5.32 Å². The number of carbonyl (C=O) groups is 2. The maximum Gasteiger partial charge on any atom is 0.326 e. The molecule has 0 aromatic heterocycles. The number of carbonyl (C=O) groups excluding carboxylic acids is 1. The Bertz CT molecular complexity index is 459. The molecule has 5 heteroatoms. The molecule has 1 aromatic rings. The molecular formula is C14H19NO4. The van der Waals surface area contributed by atoms with Gasteiger partial charge in [-0.25, -0.2) is 4.79 Å². The largest absolute Gasteiger partial charge is 0.481 e. The van der Waals surface area contributed by atoms with Crippen molar-refractivity contribution in [1.29, 1.82) is 0 Å². The van der Waals surface area contributed by atoms with E-state index < -0.39 is 24.0 Å². The van der Waals surface area contributed by atoms with Crippen LogP contribution in [0.5, 0.6) is 5.75 Å². The second-order valence-electron chi connectivity index (χ2n) is 4.38. The summed E-state index contributed by atoms with van der Waals surface area (Å²) in [6, 6.07) is 6.45. The fourth-order valence-corrected chi connectivity index (χ4v) is 1.57. The Labute approximate surface area is 112 Å². The van der Waals surface area contributed by atoms with Crippen LogP contribution in [0.2, 0.25) is 0 Å². The number of amides is 1. The normalized spacial score (nSPS) is 13.4. The van der Waals surface area contributed by atoms with Crippen molar-refractivity contribution in [1.82, 2.24) is 5.32 Å². The number of hydrogen-bond acceptors (Lipinski definition) is 3. The number of ether oxygens (including phenoxy) is 1. The van der Waals surface area contributed by atoms with Crippen LogP contribution in [0.15, 0.2) is 24.3 Å². The van der Waals surface area contributed by atoms with Crippen LogP contribution < -0.4 is 10.1 Å². The molecule has 0 saturated carbocycles. The van der Waals surface area contributed by atoms with E-state index in [0.29, 0.717) is 12.2 Å². The molecule has 1 aromatic carbocycles. The maximum atomic E-state index is 11.8. The number of nitrogens with one attached hydrogen (secondary N) is 1. The van der Waals surface area contributed by atoms with Crippen molar-refractivity contribution >= 4 is 11.9 Å². The van der Waals surface area contributed by atoms with Crippen LogP contribution in [0.3, 0.4) is 0 Å². The van der Waals surface area contributed by atoms with Gasteiger partial charge >= 0.3 is 5.97 Å². The molecular weight excluding hydrogens is 246 g/mol. The molecule has 1 rings (SSSR count). The van der Waals surface area contributed by atoms with E-state index in [4.69, 9.17) is 9.84 Å². The monoisotopic (exact) mass is 265 g/mol. The number of benzene rings is 1. The van der Waals surface area contributed by atoms with Gasteiger partial charge in [-0.3, -0.25) is 4.79 Å². The Balaban J connectivity index is 2.60. The van der Waals surface area contributed by atoms with Crippen LogP contribution in [-0.2, 0) is 9.59 Å². The van der Waals surface area contributed by atoms with Crippen LogP contribution in [-0.4, -0.2) is 29.1 Å². The molecule has 19 heavy (non-hydrogen) atoms. The standard InChI is InChI=1S/C14H19NO4/c1-4-12(14(17)18)15-13(16)10(3)19-11-7-5-6-9(2)8-11/h5-8,10,12H,4H2,1-3H3,(H,15,16)(H,17,18)/t10?,12-/m0/s1. The van der Waals surface area contributed by atoms with E-state index in [1.54, 1.807) is 19.9 Å². The van der Waals surface area contributed by atoms with Gasteiger partial charge in [0.05, 0.1) is 0 Å². The third kappa shape index (κ3) is 4.62. The van der Waals surface area contributed by atoms with Gasteiger partial charge < -0.3 is 15.2 Å². The van der Waals surface area contributed by atoms with Crippen molar-refractivity contribution in [3.63, 3.8) is 0 Å². The number of carboxylic acids is 1. The minimum Gasteiger partial charge on any atom is -0.481 e. The number of hydrogen-bond donors (Lipinski definition) is 2. The van der Waals surface area contributed by atoms with Gasteiger partial charge in [0.25, 0.3) is 5.91 Å². The first-order valence-electron chi connectivity index (χ1n) is 6.20. The fraction of sp³-hybridized carbons (Fsp3) is 0.429. The first kappa shape index (κ1) is 15.0. The summed E-state index contributed by atoms with van der Waals surface area (Å²) in [6.45, 7) is 5.21. The number of rotatable bonds is 6. The fourth-order valence-electron chi connectivity index (χ4n) is 1.57. The van der Waals surface area contributed by atoms with Crippen molar-refractivity contribution in [2.24, 2.45) is 0 Å². The van der Waals surface area contributed by atoms with Gasteiger partial charge in [0.2, 0.25) is 0 Å². The summed E-state index contributed by atoms with van der Waals surface area (Å²) in [6.07, 6.45) is -0.409. The Hall–Kier alpha value is -2.04. The molecule has 0 aliphatic rings. The lowest BCUT2D eigenvalue weighted by molar-refractivity contribution is -0.143. The quantitative estimate of drug-likeness (QED) is 0.821. The van der Waals surface area contributed by atoms with Gasteiger partial charge in [0, 0.05) is 0 Å². The lowest BCUT2D eigenvalue weighted by atomic mass is 10.2. The molecule has 1 unspecified atom stereocenters. The molecule has 1 amide bonds. The molecule has 0 radical (unpaired) electrons. The zero-order chi connectivity index (χ0) is 14.4. The number of aliphatic carboxylic acids is 1. The Morgan fingerprint density at radius 1 is 1.42 bits per heavy atom. The highest BCUT2D eigenvalue weighted by Crippen LogP contribution is 2.14. The lowest BCUT2D eigenvalue weighted by Gasteiger charge is -2.18. The summed E-state index contributed by atoms with van der Waals surface area (Å²) in [5.74, 6) is -0.889. The van der Waals surface area contributed by atoms with Crippen molar-refractivity contribution < 1.29 is 19.4 Å². The molecule has 0 saturated heterocycles. The molecule has 0 aliphatic heterocycles. The van der Waals surface area contributed by atoms with Gasteiger partial charge in [-0.05, 0) is 38.0 Å². The summed E-state index contributed by atoms with van der Waals surface area (Å²) >= 11 is 0. The Kier molecular flexibility index (Phi) is 5.36. The average Bonchev–Trinajstić information content (AvgIpc) is 2.35. The Morgan fingerprint density at radius 2 is 2.11 bits per heavy atom. The SMILES string of the molecule is CC[C@H](NC(=O)C(C)Oc1cccc(C)c1)C(=O)O. The minimum atomic E-state index is -1.04. The predicted molar refractivity (Wildman–Crippen MR) is 71.1 cm³/mol. The average molecular weight is 265 g/mol. The second-order valence-corrected chi connectivity index (χ2v) is 4.38. The zero-order valence-electron chi connectivity index (χ0n) is 11.3. The van der Waals surface area contributed by atoms with E-state index in [9.17, 15) is 9.59 Å². The number of aryl methyl sites for hydroxylation is 1. The van der Waals surface area contributed by atoms with Gasteiger partial charge in [-0.1, -0.05) is 19.1 Å². The van der Waals surface area contributed by atoms with E-state index in [1.165, 1.54) is 0 Å². The van der Waals surface area contributed by atoms with Crippen LogP contribution in [0.1, 0.15) is 25.8 Å². The molecule has 2 atom stereocenters. The van der Waals surface area contributed by atoms with Crippen LogP contribution in [0, 0.1) is 6.92 Å². The number of carboxylic acid groups (broad SMARTS) is 1. The van der Waals surface area contributed by atoms with Crippen molar-refractivity contribution in [3.05, 3.63) is 29.8 Å². The molecule has 0 heterocycles. The second kappa shape index (κ2) is 6.78. The molecule has 0 bridgehead atoms. The lowest BCUT2D eigenvalue weighted by Crippen LogP contribution is -2.45. The van der Waals surface area contributed by atoms with Crippen molar-refractivity contribution in [3.8, 4) is 5.75 Å². The van der Waals surface area contributed by atoms with Gasteiger partial charge in [0.1, 0.15) is 11.8 Å². The summed E-state index contributed by atoms with van der Waals surface area (Å²) in [5, 5.41) is 11.3. The van der Waals surface area contributed by atoms with Gasteiger partial charge in [-0.15, -0.1) is 0 Å². The highest BCUT2D eigenvalue weighted by molar-refractivity contribution is 5.86. The van der Waals surface area contributed by atoms with Crippen molar-refractivity contribution in [2.75, 3.05) is 0 Å². The summed E-state index contributed by atoms with van der Waals surface area (Å²) in [5.41, 5.74) is 1.03. The third-order valence-electron chi connectivity index (χ3n) is 2.69. The molecule has 104 valence electrons. The van der Waals surface area contributed by atoms with Gasteiger partial charge in [0.15, 0.2) is 6.10 Å². The summed E-state index contributed by atoms with van der Waals surface area (Å²) in [4.78, 5) is 22.6. The molecule has 0 aliphatic carbocycles. The predicted octanol–water partition coefficient (Wildman–Crippen LogP) is 1.74. The molecule has 0 fully saturated rings.